The van der Waals surface area contributed by atoms with E-state index in [4.69, 9.17) is 0 Å². The van der Waals surface area contributed by atoms with Crippen LogP contribution in [0.15, 0.2) is 60.7 Å². The molecule has 0 unspecified atom stereocenters. The molecule has 3 heteroatoms. The van der Waals surface area contributed by atoms with Gasteiger partial charge in [0.15, 0.2) is 0 Å². The molecule has 2 rings (SSSR count). The SMILES string of the molecule is c1ccc(N[SiH2]Nc2ccccc2)cc1. The molecule has 0 aromatic heterocycles. The van der Waals surface area contributed by atoms with Crippen LogP contribution in [0.5, 0.6) is 0 Å². The van der Waals surface area contributed by atoms with Gasteiger partial charge in [-0.15, -0.1) is 0 Å². The second-order valence-corrected chi connectivity index (χ2v) is 4.32. The molecule has 2 aromatic carbocycles. The minimum Gasteiger partial charge on any atom is -0.399 e. The Kier molecular flexibility index (Phi) is 3.41. The highest BCUT2D eigenvalue weighted by atomic mass is 28.2. The van der Waals surface area contributed by atoms with Gasteiger partial charge in [-0.25, -0.2) is 0 Å². The van der Waals surface area contributed by atoms with E-state index >= 15 is 0 Å². The highest BCUT2D eigenvalue weighted by Gasteiger charge is 1.90. The molecule has 0 aliphatic carbocycles. The van der Waals surface area contributed by atoms with Crippen LogP contribution in [0.3, 0.4) is 0 Å². The Labute approximate surface area is 92.3 Å². The van der Waals surface area contributed by atoms with Gasteiger partial charge in [0.1, 0.15) is 0 Å². The van der Waals surface area contributed by atoms with Crippen LogP contribution in [0.25, 0.3) is 0 Å². The van der Waals surface area contributed by atoms with Gasteiger partial charge in [-0.2, -0.15) is 0 Å². The van der Waals surface area contributed by atoms with Crippen LogP contribution in [0.4, 0.5) is 11.4 Å². The molecule has 2 aromatic rings. The lowest BCUT2D eigenvalue weighted by molar-refractivity contribution is 1.63. The maximum absolute atomic E-state index is 3.42. The van der Waals surface area contributed by atoms with E-state index in [9.17, 15) is 0 Å². The number of hydrogen-bond acceptors (Lipinski definition) is 2. The van der Waals surface area contributed by atoms with Gasteiger partial charge in [0, 0.05) is 11.4 Å². The van der Waals surface area contributed by atoms with Gasteiger partial charge in [0.25, 0.3) is 0 Å². The van der Waals surface area contributed by atoms with Crippen molar-refractivity contribution in [3.8, 4) is 0 Å². The molecular weight excluding hydrogens is 200 g/mol. The van der Waals surface area contributed by atoms with Crippen LogP contribution in [0, 0.1) is 0 Å². The predicted octanol–water partition coefficient (Wildman–Crippen LogP) is 2.21. The summed E-state index contributed by atoms with van der Waals surface area (Å²) >= 11 is 0. The van der Waals surface area contributed by atoms with Crippen LogP contribution in [-0.2, 0) is 0 Å². The summed E-state index contributed by atoms with van der Waals surface area (Å²) in [7, 11) is -0.485. The lowest BCUT2D eigenvalue weighted by Crippen LogP contribution is -2.16. The third-order valence-corrected chi connectivity index (χ3v) is 3.30. The summed E-state index contributed by atoms with van der Waals surface area (Å²) < 4.78 is 0. The molecule has 0 heterocycles. The summed E-state index contributed by atoms with van der Waals surface area (Å²) in [4.78, 5) is 6.84. The minimum absolute atomic E-state index is 0.485. The first-order chi connectivity index (χ1) is 7.45. The van der Waals surface area contributed by atoms with Crippen LogP contribution >= 0.6 is 0 Å². The summed E-state index contributed by atoms with van der Waals surface area (Å²) in [5, 5.41) is 0. The Morgan fingerprint density at radius 3 is 1.40 bits per heavy atom. The van der Waals surface area contributed by atoms with E-state index in [1.165, 1.54) is 11.4 Å². The molecule has 0 spiro atoms. The van der Waals surface area contributed by atoms with Gasteiger partial charge in [0.2, 0.25) is 9.84 Å². The van der Waals surface area contributed by atoms with Gasteiger partial charge in [-0.05, 0) is 24.3 Å². The summed E-state index contributed by atoms with van der Waals surface area (Å²) in [6.45, 7) is 0. The van der Waals surface area contributed by atoms with E-state index in [0.717, 1.165) is 0 Å². The average molecular weight is 214 g/mol. The van der Waals surface area contributed by atoms with Gasteiger partial charge < -0.3 is 9.96 Å². The molecule has 15 heavy (non-hydrogen) atoms. The van der Waals surface area contributed by atoms with Crippen molar-refractivity contribution < 1.29 is 0 Å². The Bertz CT molecular complexity index is 349. The van der Waals surface area contributed by atoms with Gasteiger partial charge in [-0.3, -0.25) is 0 Å². The van der Waals surface area contributed by atoms with Crippen molar-refractivity contribution in [3.63, 3.8) is 0 Å². The second-order valence-electron chi connectivity index (χ2n) is 3.26. The van der Waals surface area contributed by atoms with Crippen LogP contribution < -0.4 is 9.96 Å². The maximum atomic E-state index is 3.42. The van der Waals surface area contributed by atoms with E-state index in [1.54, 1.807) is 0 Å². The second kappa shape index (κ2) is 5.22. The van der Waals surface area contributed by atoms with E-state index in [-0.39, 0.29) is 0 Å². The molecule has 76 valence electrons. The largest absolute Gasteiger partial charge is 0.399 e. The van der Waals surface area contributed by atoms with Crippen molar-refractivity contribution in [1.82, 2.24) is 0 Å². The van der Waals surface area contributed by atoms with E-state index in [1.807, 2.05) is 36.4 Å². The van der Waals surface area contributed by atoms with E-state index < -0.39 is 9.84 Å². The summed E-state index contributed by atoms with van der Waals surface area (Å²) in [5.74, 6) is 0. The molecule has 0 amide bonds. The molecule has 0 radical (unpaired) electrons. The summed E-state index contributed by atoms with van der Waals surface area (Å²) in [6.07, 6.45) is 0. The summed E-state index contributed by atoms with van der Waals surface area (Å²) in [5.41, 5.74) is 2.38. The molecule has 2 nitrogen and oxygen atoms in total. The third-order valence-electron chi connectivity index (χ3n) is 2.13. The van der Waals surface area contributed by atoms with Crippen LogP contribution in [0.2, 0.25) is 0 Å². The highest BCUT2D eigenvalue weighted by molar-refractivity contribution is 6.44. The lowest BCUT2D eigenvalue weighted by Gasteiger charge is -2.07. The molecule has 0 aliphatic heterocycles. The number of benzene rings is 2. The molecule has 0 atom stereocenters. The Hall–Kier alpha value is -1.74. The molecule has 0 saturated carbocycles. The van der Waals surface area contributed by atoms with Crippen LogP contribution in [0.1, 0.15) is 0 Å². The van der Waals surface area contributed by atoms with Gasteiger partial charge >= 0.3 is 0 Å². The normalized spacial score (nSPS) is 9.60. The Balaban J connectivity index is 1.81. The molecule has 2 N–H and O–H groups in total. The fraction of sp³-hybridized carbons (Fsp3) is 0. The molecule has 0 aliphatic rings. The highest BCUT2D eigenvalue weighted by Crippen LogP contribution is 2.06. The quantitative estimate of drug-likeness (QED) is 0.763. The Morgan fingerprint density at radius 1 is 0.600 bits per heavy atom. The van der Waals surface area contributed by atoms with Crippen molar-refractivity contribution in [2.24, 2.45) is 0 Å². The average Bonchev–Trinajstić information content (AvgIpc) is 2.32. The van der Waals surface area contributed by atoms with Crippen molar-refractivity contribution in [3.05, 3.63) is 60.7 Å². The zero-order valence-electron chi connectivity index (χ0n) is 8.48. The molecular formula is C12H14N2Si. The first-order valence-corrected chi connectivity index (χ1v) is 6.44. The zero-order valence-corrected chi connectivity index (χ0v) is 9.89. The van der Waals surface area contributed by atoms with E-state index in [0.29, 0.717) is 0 Å². The standard InChI is InChI=1S/C12H14N2Si/c1-3-7-11(8-4-1)13-15-14-12-9-5-2-6-10-12/h1-10,13-14H,15H2. The third kappa shape index (κ3) is 3.14. The fourth-order valence-electron chi connectivity index (χ4n) is 1.36. The molecule has 0 fully saturated rings. The van der Waals surface area contributed by atoms with Gasteiger partial charge in [-0.1, -0.05) is 36.4 Å². The fourth-order valence-corrected chi connectivity index (χ4v) is 2.33. The minimum atomic E-state index is -0.485. The number of rotatable bonds is 4. The molecule has 0 bridgehead atoms. The Morgan fingerprint density at radius 2 is 1.00 bits per heavy atom. The number of para-hydroxylation sites is 2. The summed E-state index contributed by atoms with van der Waals surface area (Å²) in [6, 6.07) is 20.5. The van der Waals surface area contributed by atoms with Crippen molar-refractivity contribution in [2.75, 3.05) is 9.96 Å². The lowest BCUT2D eigenvalue weighted by atomic mass is 10.3. The monoisotopic (exact) mass is 214 g/mol. The smallest absolute Gasteiger partial charge is 0.225 e. The number of hydrogen-bond donors (Lipinski definition) is 2. The van der Waals surface area contributed by atoms with Crippen LogP contribution in [-0.4, -0.2) is 9.84 Å². The molecule has 0 saturated heterocycles. The number of nitrogens with one attached hydrogen (secondary N) is 2. The predicted molar refractivity (Wildman–Crippen MR) is 68.7 cm³/mol. The van der Waals surface area contributed by atoms with Crippen molar-refractivity contribution in [1.29, 1.82) is 0 Å². The van der Waals surface area contributed by atoms with Gasteiger partial charge in [0.05, 0.1) is 0 Å². The number of anilines is 2. The van der Waals surface area contributed by atoms with Crippen molar-refractivity contribution >= 4 is 21.2 Å². The zero-order chi connectivity index (χ0) is 10.3. The topological polar surface area (TPSA) is 24.1 Å². The first-order valence-electron chi connectivity index (χ1n) is 5.03. The van der Waals surface area contributed by atoms with E-state index in [2.05, 4.69) is 34.2 Å². The van der Waals surface area contributed by atoms with Crippen molar-refractivity contribution in [2.45, 2.75) is 0 Å². The maximum Gasteiger partial charge on any atom is 0.225 e. The first kappa shape index (κ1) is 9.80.